The van der Waals surface area contributed by atoms with E-state index in [1.54, 1.807) is 0 Å². The van der Waals surface area contributed by atoms with Crippen molar-refractivity contribution in [3.8, 4) is 22.8 Å². The van der Waals surface area contributed by atoms with Crippen LogP contribution in [-0.4, -0.2) is 15.0 Å². The van der Waals surface area contributed by atoms with Crippen LogP contribution in [0.1, 0.15) is 0 Å². The zero-order valence-electron chi connectivity index (χ0n) is 25.4. The second-order valence-corrected chi connectivity index (χ2v) is 13.3. The summed E-state index contributed by atoms with van der Waals surface area (Å²) >= 11 is 1.85. The lowest BCUT2D eigenvalue weighted by Gasteiger charge is -2.15. The second kappa shape index (κ2) is 9.67. The van der Waals surface area contributed by atoms with Gasteiger partial charge in [-0.25, -0.2) is 15.0 Å². The number of aromatic nitrogens is 3. The smallest absolute Gasteiger partial charge is 0.180 e. The van der Waals surface area contributed by atoms with E-state index in [0.29, 0.717) is 11.4 Å². The molecule has 0 bridgehead atoms. The van der Waals surface area contributed by atoms with Gasteiger partial charge in [0.1, 0.15) is 22.5 Å². The predicted octanol–water partition coefficient (Wildman–Crippen LogP) is 12.1. The van der Waals surface area contributed by atoms with E-state index in [2.05, 4.69) is 121 Å². The second-order valence-electron chi connectivity index (χ2n) is 12.3. The molecule has 5 heteroatoms. The number of nitrogens with zero attached hydrogens (tertiary/aromatic N) is 3. The maximum absolute atomic E-state index is 6.55. The summed E-state index contributed by atoms with van der Waals surface area (Å²) in [6, 6.07) is 48.8. The molecule has 0 atom stereocenters. The topological polar surface area (TPSA) is 51.8 Å². The Kier molecular flexibility index (Phi) is 5.23. The van der Waals surface area contributed by atoms with Crippen LogP contribution >= 0.6 is 11.3 Å². The summed E-state index contributed by atoms with van der Waals surface area (Å²) in [5.74, 6) is 0.582. The molecule has 0 fully saturated rings. The zero-order chi connectivity index (χ0) is 31.3. The highest BCUT2D eigenvalue weighted by molar-refractivity contribution is 7.27. The van der Waals surface area contributed by atoms with Crippen molar-refractivity contribution in [2.75, 3.05) is 0 Å². The molecule has 48 heavy (non-hydrogen) atoms. The molecule has 0 aliphatic heterocycles. The third kappa shape index (κ3) is 3.51. The summed E-state index contributed by atoms with van der Waals surface area (Å²) in [6.45, 7) is 0. The number of rotatable bonds is 2. The average molecular weight is 630 g/mol. The van der Waals surface area contributed by atoms with Crippen LogP contribution in [0, 0.1) is 0 Å². The number of para-hydroxylation sites is 2. The van der Waals surface area contributed by atoms with Gasteiger partial charge in [-0.05, 0) is 45.8 Å². The van der Waals surface area contributed by atoms with Crippen LogP contribution in [-0.2, 0) is 0 Å². The Morgan fingerprint density at radius 1 is 0.458 bits per heavy atom. The Morgan fingerprint density at radius 3 is 2.00 bits per heavy atom. The first-order chi connectivity index (χ1) is 23.8. The van der Waals surface area contributed by atoms with Crippen molar-refractivity contribution in [1.29, 1.82) is 0 Å². The maximum atomic E-state index is 6.55. The summed E-state index contributed by atoms with van der Waals surface area (Å²) in [7, 11) is 0. The van der Waals surface area contributed by atoms with Crippen LogP contribution in [0.3, 0.4) is 0 Å². The van der Waals surface area contributed by atoms with E-state index in [-0.39, 0.29) is 0 Å². The van der Waals surface area contributed by atoms with E-state index in [4.69, 9.17) is 19.4 Å². The molecule has 0 aliphatic rings. The fraction of sp³-hybridized carbons (Fsp3) is 0. The van der Waals surface area contributed by atoms with Gasteiger partial charge in [-0.15, -0.1) is 11.3 Å². The molecule has 7 aromatic carbocycles. The minimum absolute atomic E-state index is 0.582. The van der Waals surface area contributed by atoms with Gasteiger partial charge in [0.15, 0.2) is 11.4 Å². The lowest BCUT2D eigenvalue weighted by Crippen LogP contribution is -1.98. The van der Waals surface area contributed by atoms with Crippen molar-refractivity contribution in [1.82, 2.24) is 15.0 Å². The van der Waals surface area contributed by atoms with Crippen LogP contribution in [0.2, 0.25) is 0 Å². The minimum atomic E-state index is 0.582. The van der Waals surface area contributed by atoms with Crippen molar-refractivity contribution in [3.63, 3.8) is 0 Å². The SMILES string of the molecule is c1ccc2c(-c3nc(-c4nc5ccccc5c5c6sc7ccccc7c6c6ccccc6c45)nc4c3oc3ccccc34)cccc2c1. The van der Waals surface area contributed by atoms with E-state index in [0.717, 1.165) is 65.9 Å². The normalized spacial score (nSPS) is 12.2. The molecular formula is C43H23N3OS. The highest BCUT2D eigenvalue weighted by Gasteiger charge is 2.24. The molecule has 0 unspecified atom stereocenters. The Hall–Kier alpha value is -6.17. The molecule has 4 aromatic heterocycles. The molecule has 0 amide bonds. The fourth-order valence-corrected chi connectivity index (χ4v) is 8.87. The van der Waals surface area contributed by atoms with Gasteiger partial charge in [-0.3, -0.25) is 0 Å². The van der Waals surface area contributed by atoms with Crippen molar-refractivity contribution in [2.24, 2.45) is 0 Å². The number of pyridine rings is 1. The largest absolute Gasteiger partial charge is 0.452 e. The molecule has 0 aliphatic carbocycles. The fourth-order valence-electron chi connectivity index (χ4n) is 7.59. The number of thiophene rings is 1. The van der Waals surface area contributed by atoms with Gasteiger partial charge in [0.25, 0.3) is 0 Å². The van der Waals surface area contributed by atoms with Crippen LogP contribution in [0.25, 0.3) is 108 Å². The first-order valence-corrected chi connectivity index (χ1v) is 16.9. The number of furan rings is 1. The van der Waals surface area contributed by atoms with Crippen LogP contribution in [0.5, 0.6) is 0 Å². The molecule has 11 aromatic rings. The highest BCUT2D eigenvalue weighted by atomic mass is 32.1. The number of hydrogen-bond donors (Lipinski definition) is 0. The lowest BCUT2D eigenvalue weighted by molar-refractivity contribution is 0.667. The molecule has 0 radical (unpaired) electrons. The summed E-state index contributed by atoms with van der Waals surface area (Å²) in [5.41, 5.74) is 5.71. The van der Waals surface area contributed by atoms with E-state index in [1.165, 1.54) is 30.9 Å². The standard InChI is InChI=1S/C43H23N3OS/c1-2-14-25-24(12-1)13-11-20-28(25)38-41-39(30-18-6-9-22-33(30)47-41)46-43(45-38)40-36-27-16-4-3-15-26(27)35-31-19-7-10-23-34(31)48-42(35)37(36)29-17-5-8-21-32(29)44-40/h1-23H. The van der Waals surface area contributed by atoms with Crippen molar-refractivity contribution < 1.29 is 4.42 Å². The molecule has 0 N–H and O–H groups in total. The Labute approximate surface area is 277 Å². The van der Waals surface area contributed by atoms with E-state index < -0.39 is 0 Å². The van der Waals surface area contributed by atoms with Gasteiger partial charge < -0.3 is 4.42 Å². The van der Waals surface area contributed by atoms with Crippen LogP contribution < -0.4 is 0 Å². The molecule has 4 heterocycles. The molecule has 11 rings (SSSR count). The number of fused-ring (bicyclic) bond motifs is 14. The molecule has 0 saturated carbocycles. The molecular weight excluding hydrogens is 607 g/mol. The summed E-state index contributed by atoms with van der Waals surface area (Å²) in [4.78, 5) is 16.1. The Morgan fingerprint density at radius 2 is 1.12 bits per heavy atom. The van der Waals surface area contributed by atoms with Crippen molar-refractivity contribution >= 4 is 96.8 Å². The Balaban J connectivity index is 1.37. The van der Waals surface area contributed by atoms with Gasteiger partial charge in [0.2, 0.25) is 0 Å². The lowest BCUT2D eigenvalue weighted by atomic mass is 9.93. The van der Waals surface area contributed by atoms with Crippen molar-refractivity contribution in [2.45, 2.75) is 0 Å². The summed E-state index contributed by atoms with van der Waals surface area (Å²) in [5, 5.41) is 11.5. The molecule has 0 saturated heterocycles. The van der Waals surface area contributed by atoms with Gasteiger partial charge in [-0.1, -0.05) is 115 Å². The highest BCUT2D eigenvalue weighted by Crippen LogP contribution is 2.48. The van der Waals surface area contributed by atoms with Gasteiger partial charge >= 0.3 is 0 Å². The van der Waals surface area contributed by atoms with Crippen LogP contribution in [0.15, 0.2) is 144 Å². The number of hydrogen-bond acceptors (Lipinski definition) is 5. The molecule has 4 nitrogen and oxygen atoms in total. The monoisotopic (exact) mass is 629 g/mol. The quantitative estimate of drug-likeness (QED) is 0.179. The minimum Gasteiger partial charge on any atom is -0.452 e. The predicted molar refractivity (Wildman–Crippen MR) is 201 cm³/mol. The third-order valence-electron chi connectivity index (χ3n) is 9.66. The Bertz CT molecular complexity index is 3130. The maximum Gasteiger partial charge on any atom is 0.180 e. The zero-order valence-corrected chi connectivity index (χ0v) is 26.3. The van der Waals surface area contributed by atoms with E-state index in [9.17, 15) is 0 Å². The first kappa shape index (κ1) is 26.0. The van der Waals surface area contributed by atoms with E-state index >= 15 is 0 Å². The van der Waals surface area contributed by atoms with Gasteiger partial charge in [0, 0.05) is 47.3 Å². The summed E-state index contributed by atoms with van der Waals surface area (Å²) < 4.78 is 9.08. The number of benzene rings is 7. The summed E-state index contributed by atoms with van der Waals surface area (Å²) in [6.07, 6.45) is 0. The molecule has 0 spiro atoms. The van der Waals surface area contributed by atoms with Crippen molar-refractivity contribution in [3.05, 3.63) is 140 Å². The molecule has 222 valence electrons. The average Bonchev–Trinajstić information content (AvgIpc) is 3.73. The van der Waals surface area contributed by atoms with Gasteiger partial charge in [0.05, 0.1) is 5.52 Å². The third-order valence-corrected chi connectivity index (χ3v) is 10.8. The van der Waals surface area contributed by atoms with Gasteiger partial charge in [-0.2, -0.15) is 0 Å². The first-order valence-electron chi connectivity index (χ1n) is 16.0. The van der Waals surface area contributed by atoms with E-state index in [1.807, 2.05) is 29.5 Å². The van der Waals surface area contributed by atoms with Crippen LogP contribution in [0.4, 0.5) is 0 Å².